The first kappa shape index (κ1) is 11.6. The molecule has 0 amide bonds. The van der Waals surface area contributed by atoms with Gasteiger partial charge in [-0.05, 0) is 55.4 Å². The molecule has 2 bridgehead atoms. The van der Waals surface area contributed by atoms with E-state index in [2.05, 4.69) is 18.2 Å². The minimum absolute atomic E-state index is 0.381. The molecule has 1 heterocycles. The molecule has 0 aromatic carbocycles. The van der Waals surface area contributed by atoms with Crippen LogP contribution in [0.4, 0.5) is 0 Å². The second kappa shape index (κ2) is 4.31. The molecule has 2 fully saturated rings. The summed E-state index contributed by atoms with van der Waals surface area (Å²) in [5.41, 5.74) is 1.76. The largest absolute Gasteiger partial charge is 0.273 e. The molecular formula is C14H21ClN2. The summed E-state index contributed by atoms with van der Waals surface area (Å²) >= 11 is 6.32. The third-order valence-electron chi connectivity index (χ3n) is 4.94. The minimum atomic E-state index is 0.381. The van der Waals surface area contributed by atoms with Gasteiger partial charge in [0.25, 0.3) is 0 Å². The maximum Gasteiger partial charge on any atom is 0.0521 e. The third kappa shape index (κ3) is 1.91. The standard InChI is InChI=1S/C14H21ClN2/c1-2-17-9-12(8-16-17)7-14(10-15)6-11-3-4-13(14)5-11/h8-9,11,13H,2-7,10H2,1H3. The maximum absolute atomic E-state index is 6.32. The Bertz CT molecular complexity index is 401. The van der Waals surface area contributed by atoms with Crippen LogP contribution in [0, 0.1) is 17.3 Å². The predicted molar refractivity (Wildman–Crippen MR) is 70.2 cm³/mol. The van der Waals surface area contributed by atoms with E-state index in [-0.39, 0.29) is 0 Å². The van der Waals surface area contributed by atoms with Gasteiger partial charge in [0.2, 0.25) is 0 Å². The van der Waals surface area contributed by atoms with E-state index in [0.29, 0.717) is 5.41 Å². The van der Waals surface area contributed by atoms with Crippen molar-refractivity contribution in [2.45, 2.75) is 45.6 Å². The fourth-order valence-electron chi connectivity index (χ4n) is 4.06. The molecule has 2 saturated carbocycles. The zero-order valence-corrected chi connectivity index (χ0v) is 11.3. The molecule has 3 atom stereocenters. The highest BCUT2D eigenvalue weighted by molar-refractivity contribution is 6.18. The summed E-state index contributed by atoms with van der Waals surface area (Å²) in [5.74, 6) is 2.65. The third-order valence-corrected chi connectivity index (χ3v) is 5.47. The highest BCUT2D eigenvalue weighted by Crippen LogP contribution is 2.57. The molecule has 1 aromatic rings. The lowest BCUT2D eigenvalue weighted by molar-refractivity contribution is 0.193. The van der Waals surface area contributed by atoms with Crippen LogP contribution in [0.1, 0.15) is 38.2 Å². The van der Waals surface area contributed by atoms with E-state index in [1.807, 2.05) is 10.9 Å². The van der Waals surface area contributed by atoms with E-state index in [9.17, 15) is 0 Å². The molecule has 0 N–H and O–H groups in total. The first-order valence-corrected chi connectivity index (χ1v) is 7.36. The summed E-state index contributed by atoms with van der Waals surface area (Å²) in [6, 6.07) is 0. The van der Waals surface area contributed by atoms with Crippen LogP contribution in [0.2, 0.25) is 0 Å². The van der Waals surface area contributed by atoms with E-state index < -0.39 is 0 Å². The Hall–Kier alpha value is -0.500. The van der Waals surface area contributed by atoms with E-state index in [0.717, 1.165) is 30.7 Å². The van der Waals surface area contributed by atoms with Gasteiger partial charge in [0, 0.05) is 18.6 Å². The normalized spacial score (nSPS) is 35.6. The number of hydrogen-bond donors (Lipinski definition) is 0. The molecule has 3 unspecified atom stereocenters. The van der Waals surface area contributed by atoms with Gasteiger partial charge in [0.15, 0.2) is 0 Å². The molecule has 0 radical (unpaired) electrons. The molecule has 17 heavy (non-hydrogen) atoms. The fraction of sp³-hybridized carbons (Fsp3) is 0.786. The summed E-state index contributed by atoms with van der Waals surface area (Å²) in [6.07, 6.45) is 11.0. The molecule has 2 aliphatic carbocycles. The number of aryl methyl sites for hydroxylation is 1. The summed E-state index contributed by atoms with van der Waals surface area (Å²) in [5, 5.41) is 4.38. The molecule has 2 nitrogen and oxygen atoms in total. The van der Waals surface area contributed by atoms with Crippen molar-refractivity contribution >= 4 is 11.6 Å². The number of nitrogens with zero attached hydrogens (tertiary/aromatic N) is 2. The van der Waals surface area contributed by atoms with E-state index in [1.54, 1.807) is 0 Å². The van der Waals surface area contributed by atoms with Crippen LogP contribution in [-0.4, -0.2) is 15.7 Å². The van der Waals surface area contributed by atoms with Crippen molar-refractivity contribution in [3.63, 3.8) is 0 Å². The van der Waals surface area contributed by atoms with Gasteiger partial charge in [-0.3, -0.25) is 4.68 Å². The second-order valence-electron chi connectivity index (χ2n) is 5.96. The van der Waals surface area contributed by atoms with Crippen LogP contribution in [0.15, 0.2) is 12.4 Å². The van der Waals surface area contributed by atoms with E-state index >= 15 is 0 Å². The Morgan fingerprint density at radius 1 is 1.53 bits per heavy atom. The summed E-state index contributed by atoms with van der Waals surface area (Å²) in [6.45, 7) is 3.09. The fourth-order valence-corrected chi connectivity index (χ4v) is 4.48. The van der Waals surface area contributed by atoms with Crippen molar-refractivity contribution in [1.29, 1.82) is 0 Å². The van der Waals surface area contributed by atoms with Gasteiger partial charge in [-0.15, -0.1) is 11.6 Å². The molecular weight excluding hydrogens is 232 g/mol. The van der Waals surface area contributed by atoms with Crippen molar-refractivity contribution in [3.05, 3.63) is 18.0 Å². The summed E-state index contributed by atoms with van der Waals surface area (Å²) < 4.78 is 2.02. The number of hydrogen-bond acceptors (Lipinski definition) is 1. The topological polar surface area (TPSA) is 17.8 Å². The van der Waals surface area contributed by atoms with Crippen LogP contribution in [0.3, 0.4) is 0 Å². The lowest BCUT2D eigenvalue weighted by Gasteiger charge is -2.35. The molecule has 1 aromatic heterocycles. The first-order chi connectivity index (χ1) is 8.25. The quantitative estimate of drug-likeness (QED) is 0.750. The zero-order chi connectivity index (χ0) is 11.9. The Morgan fingerprint density at radius 3 is 2.94 bits per heavy atom. The predicted octanol–water partition coefficient (Wildman–Crippen LogP) is 3.49. The van der Waals surface area contributed by atoms with Gasteiger partial charge in [0.1, 0.15) is 0 Å². The highest BCUT2D eigenvalue weighted by atomic mass is 35.5. The van der Waals surface area contributed by atoms with Crippen LogP contribution in [0.25, 0.3) is 0 Å². The van der Waals surface area contributed by atoms with E-state index in [4.69, 9.17) is 11.6 Å². The van der Waals surface area contributed by atoms with Crippen molar-refractivity contribution in [3.8, 4) is 0 Å². The van der Waals surface area contributed by atoms with Crippen molar-refractivity contribution < 1.29 is 0 Å². The first-order valence-electron chi connectivity index (χ1n) is 6.83. The molecule has 2 aliphatic rings. The van der Waals surface area contributed by atoms with Crippen LogP contribution < -0.4 is 0 Å². The van der Waals surface area contributed by atoms with Gasteiger partial charge in [-0.25, -0.2) is 0 Å². The van der Waals surface area contributed by atoms with Crippen LogP contribution in [0.5, 0.6) is 0 Å². The maximum atomic E-state index is 6.32. The van der Waals surface area contributed by atoms with Crippen molar-refractivity contribution in [1.82, 2.24) is 9.78 Å². The Labute approximate surface area is 108 Å². The molecule has 0 spiro atoms. The number of rotatable bonds is 4. The monoisotopic (exact) mass is 252 g/mol. The Balaban J connectivity index is 1.78. The molecule has 0 aliphatic heterocycles. The van der Waals surface area contributed by atoms with Gasteiger partial charge >= 0.3 is 0 Å². The van der Waals surface area contributed by atoms with Crippen LogP contribution in [-0.2, 0) is 13.0 Å². The van der Waals surface area contributed by atoms with Gasteiger partial charge < -0.3 is 0 Å². The Morgan fingerprint density at radius 2 is 2.41 bits per heavy atom. The zero-order valence-electron chi connectivity index (χ0n) is 10.5. The average molecular weight is 253 g/mol. The molecule has 3 rings (SSSR count). The Kier molecular flexibility index (Phi) is 2.94. The molecule has 0 saturated heterocycles. The summed E-state index contributed by atoms with van der Waals surface area (Å²) in [4.78, 5) is 0. The molecule has 3 heteroatoms. The van der Waals surface area contributed by atoms with Crippen molar-refractivity contribution in [2.24, 2.45) is 17.3 Å². The van der Waals surface area contributed by atoms with Crippen LogP contribution >= 0.6 is 11.6 Å². The van der Waals surface area contributed by atoms with Gasteiger partial charge in [0.05, 0.1) is 6.20 Å². The molecule has 94 valence electrons. The number of fused-ring (bicyclic) bond motifs is 2. The summed E-state index contributed by atoms with van der Waals surface area (Å²) in [7, 11) is 0. The highest BCUT2D eigenvalue weighted by Gasteiger charge is 2.50. The number of aromatic nitrogens is 2. The lowest BCUT2D eigenvalue weighted by atomic mass is 9.71. The van der Waals surface area contributed by atoms with Crippen molar-refractivity contribution in [2.75, 3.05) is 5.88 Å². The smallest absolute Gasteiger partial charge is 0.0521 e. The second-order valence-corrected chi connectivity index (χ2v) is 6.22. The van der Waals surface area contributed by atoms with Gasteiger partial charge in [-0.2, -0.15) is 5.10 Å². The minimum Gasteiger partial charge on any atom is -0.273 e. The van der Waals surface area contributed by atoms with Gasteiger partial charge in [-0.1, -0.05) is 6.42 Å². The number of halogens is 1. The lowest BCUT2D eigenvalue weighted by Crippen LogP contribution is -2.32. The SMILES string of the molecule is CCn1cc(CC2(CCl)CC3CCC2C3)cn1. The average Bonchev–Trinajstić information content (AvgIpc) is 3.04. The number of alkyl halides is 1. The van der Waals surface area contributed by atoms with E-state index in [1.165, 1.54) is 31.2 Å².